The number of hydrogen-bond donors (Lipinski definition) is 2. The van der Waals surface area contributed by atoms with Crippen LogP contribution in [0.2, 0.25) is 0 Å². The van der Waals surface area contributed by atoms with E-state index >= 15 is 0 Å². The van der Waals surface area contributed by atoms with Crippen molar-refractivity contribution in [1.29, 1.82) is 0 Å². The Morgan fingerprint density at radius 2 is 1.78 bits per heavy atom. The molecule has 0 unspecified atom stereocenters. The number of phenols is 1. The molecule has 0 aromatic heterocycles. The monoisotopic (exact) mass is 240 g/mol. The molecule has 0 bridgehead atoms. The minimum Gasteiger partial charge on any atom is -0.507 e. The zero-order valence-corrected chi connectivity index (χ0v) is 9.58. The maximum atomic E-state index is 10.4. The fraction of sp³-hybridized carbons (Fsp3) is 0. The van der Waals surface area contributed by atoms with Gasteiger partial charge in [-0.2, -0.15) is 0 Å². The number of aromatic hydroxyl groups is 1. The summed E-state index contributed by atoms with van der Waals surface area (Å²) < 4.78 is 0. The standard InChI is InChI=1S/C15H12O3/c16-14-10-11(7-9-15(17)18)6-8-13(14)12-4-2-1-3-5-12/h1-10,16H,(H,17,18). The van der Waals surface area contributed by atoms with Gasteiger partial charge >= 0.3 is 5.97 Å². The summed E-state index contributed by atoms with van der Waals surface area (Å²) in [5, 5.41) is 18.5. The summed E-state index contributed by atoms with van der Waals surface area (Å²) in [6.45, 7) is 0. The van der Waals surface area contributed by atoms with Gasteiger partial charge in [-0.1, -0.05) is 42.5 Å². The van der Waals surface area contributed by atoms with Crippen molar-refractivity contribution in [2.75, 3.05) is 0 Å². The molecular formula is C15H12O3. The lowest BCUT2D eigenvalue weighted by atomic mass is 10.0. The zero-order chi connectivity index (χ0) is 13.0. The van der Waals surface area contributed by atoms with Gasteiger partial charge in [0, 0.05) is 11.6 Å². The predicted molar refractivity (Wildman–Crippen MR) is 70.2 cm³/mol. The van der Waals surface area contributed by atoms with Crippen LogP contribution < -0.4 is 0 Å². The molecular weight excluding hydrogens is 228 g/mol. The molecule has 0 aliphatic rings. The highest BCUT2D eigenvalue weighted by Crippen LogP contribution is 2.29. The number of aliphatic carboxylic acids is 1. The van der Waals surface area contributed by atoms with Crippen LogP contribution in [0.4, 0.5) is 0 Å². The molecule has 2 aromatic carbocycles. The van der Waals surface area contributed by atoms with E-state index in [1.807, 2.05) is 30.3 Å². The molecule has 0 saturated carbocycles. The Kier molecular flexibility index (Phi) is 3.44. The molecule has 18 heavy (non-hydrogen) atoms. The lowest BCUT2D eigenvalue weighted by Crippen LogP contribution is -1.86. The maximum Gasteiger partial charge on any atom is 0.328 e. The fourth-order valence-corrected chi connectivity index (χ4v) is 1.68. The molecule has 3 heteroatoms. The van der Waals surface area contributed by atoms with Gasteiger partial charge < -0.3 is 10.2 Å². The van der Waals surface area contributed by atoms with Crippen LogP contribution in [0.15, 0.2) is 54.6 Å². The summed E-state index contributed by atoms with van der Waals surface area (Å²) in [7, 11) is 0. The van der Waals surface area contributed by atoms with Crippen molar-refractivity contribution in [2.45, 2.75) is 0 Å². The molecule has 2 N–H and O–H groups in total. The Labute approximate surface area is 105 Å². The first kappa shape index (κ1) is 11.9. The number of benzene rings is 2. The average molecular weight is 240 g/mol. The van der Waals surface area contributed by atoms with Crippen LogP contribution in [0, 0.1) is 0 Å². The van der Waals surface area contributed by atoms with E-state index in [-0.39, 0.29) is 5.75 Å². The van der Waals surface area contributed by atoms with Crippen molar-refractivity contribution < 1.29 is 15.0 Å². The van der Waals surface area contributed by atoms with Crippen molar-refractivity contribution in [2.24, 2.45) is 0 Å². The highest BCUT2D eigenvalue weighted by Gasteiger charge is 2.03. The van der Waals surface area contributed by atoms with Gasteiger partial charge in [-0.25, -0.2) is 4.79 Å². The zero-order valence-electron chi connectivity index (χ0n) is 9.58. The average Bonchev–Trinajstić information content (AvgIpc) is 2.37. The summed E-state index contributed by atoms with van der Waals surface area (Å²) in [6, 6.07) is 14.6. The summed E-state index contributed by atoms with van der Waals surface area (Å²) >= 11 is 0. The minimum absolute atomic E-state index is 0.133. The van der Waals surface area contributed by atoms with E-state index < -0.39 is 5.97 Å². The molecule has 0 heterocycles. The smallest absolute Gasteiger partial charge is 0.328 e. The number of carboxylic acid groups (broad SMARTS) is 1. The Balaban J connectivity index is 2.34. The number of carboxylic acids is 1. The second-order valence-electron chi connectivity index (χ2n) is 3.81. The summed E-state index contributed by atoms with van der Waals surface area (Å²) in [6.07, 6.45) is 2.48. The van der Waals surface area contributed by atoms with Gasteiger partial charge in [0.05, 0.1) is 0 Å². The number of carbonyl (C=O) groups is 1. The largest absolute Gasteiger partial charge is 0.507 e. The second-order valence-corrected chi connectivity index (χ2v) is 3.81. The first-order chi connectivity index (χ1) is 8.66. The van der Waals surface area contributed by atoms with Gasteiger partial charge in [0.1, 0.15) is 5.75 Å². The maximum absolute atomic E-state index is 10.4. The van der Waals surface area contributed by atoms with Gasteiger partial charge in [-0.15, -0.1) is 0 Å². The third kappa shape index (κ3) is 2.77. The van der Waals surface area contributed by atoms with Gasteiger partial charge in [0.2, 0.25) is 0 Å². The van der Waals surface area contributed by atoms with Crippen LogP contribution in [0.5, 0.6) is 5.75 Å². The lowest BCUT2D eigenvalue weighted by molar-refractivity contribution is -0.131. The third-order valence-electron chi connectivity index (χ3n) is 2.52. The molecule has 0 aliphatic carbocycles. The number of hydrogen-bond acceptors (Lipinski definition) is 2. The summed E-state index contributed by atoms with van der Waals surface area (Å²) in [5.74, 6) is -0.879. The van der Waals surface area contributed by atoms with E-state index in [0.29, 0.717) is 5.56 Å². The fourth-order valence-electron chi connectivity index (χ4n) is 1.68. The molecule has 0 spiro atoms. The van der Waals surface area contributed by atoms with Crippen LogP contribution in [0.1, 0.15) is 5.56 Å². The molecule has 0 fully saturated rings. The SMILES string of the molecule is O=C(O)C=Cc1ccc(-c2ccccc2)c(O)c1. The van der Waals surface area contributed by atoms with Crippen LogP contribution >= 0.6 is 0 Å². The van der Waals surface area contributed by atoms with Crippen molar-refractivity contribution >= 4 is 12.0 Å². The van der Waals surface area contributed by atoms with Gasteiger partial charge in [-0.3, -0.25) is 0 Å². The van der Waals surface area contributed by atoms with E-state index in [1.165, 1.54) is 6.08 Å². The normalized spacial score (nSPS) is 10.7. The molecule has 90 valence electrons. The highest BCUT2D eigenvalue weighted by molar-refractivity contribution is 5.85. The van der Waals surface area contributed by atoms with Crippen molar-refractivity contribution in [1.82, 2.24) is 0 Å². The van der Waals surface area contributed by atoms with E-state index in [2.05, 4.69) is 0 Å². The Morgan fingerprint density at radius 3 is 2.39 bits per heavy atom. The summed E-state index contributed by atoms with van der Waals surface area (Å²) in [4.78, 5) is 10.4. The molecule has 0 radical (unpaired) electrons. The van der Waals surface area contributed by atoms with E-state index in [4.69, 9.17) is 5.11 Å². The van der Waals surface area contributed by atoms with E-state index in [0.717, 1.165) is 17.2 Å². The molecule has 3 nitrogen and oxygen atoms in total. The first-order valence-electron chi connectivity index (χ1n) is 5.46. The van der Waals surface area contributed by atoms with E-state index in [9.17, 15) is 9.90 Å². The number of phenolic OH excluding ortho intramolecular Hbond substituents is 1. The molecule has 0 amide bonds. The molecule has 0 atom stereocenters. The Bertz CT molecular complexity index is 586. The minimum atomic E-state index is -1.01. The van der Waals surface area contributed by atoms with Crippen molar-refractivity contribution in [3.05, 3.63) is 60.2 Å². The van der Waals surface area contributed by atoms with Crippen LogP contribution in [0.25, 0.3) is 17.2 Å². The Morgan fingerprint density at radius 1 is 1.06 bits per heavy atom. The second kappa shape index (κ2) is 5.19. The molecule has 2 rings (SSSR count). The Hall–Kier alpha value is -2.55. The highest BCUT2D eigenvalue weighted by atomic mass is 16.4. The molecule has 2 aromatic rings. The van der Waals surface area contributed by atoms with Crippen LogP contribution in [0.3, 0.4) is 0 Å². The van der Waals surface area contributed by atoms with Gasteiger partial charge in [0.15, 0.2) is 0 Å². The van der Waals surface area contributed by atoms with Crippen molar-refractivity contribution in [3.63, 3.8) is 0 Å². The van der Waals surface area contributed by atoms with Crippen LogP contribution in [-0.4, -0.2) is 16.2 Å². The van der Waals surface area contributed by atoms with Gasteiger partial charge in [-0.05, 0) is 23.3 Å². The van der Waals surface area contributed by atoms with Crippen LogP contribution in [-0.2, 0) is 4.79 Å². The lowest BCUT2D eigenvalue weighted by Gasteiger charge is -2.05. The topological polar surface area (TPSA) is 57.5 Å². The summed E-state index contributed by atoms with van der Waals surface area (Å²) in [5.41, 5.74) is 2.29. The predicted octanol–water partition coefficient (Wildman–Crippen LogP) is 3.16. The molecule has 0 saturated heterocycles. The van der Waals surface area contributed by atoms with E-state index in [1.54, 1.807) is 18.2 Å². The van der Waals surface area contributed by atoms with Crippen molar-refractivity contribution in [3.8, 4) is 16.9 Å². The quantitative estimate of drug-likeness (QED) is 0.810. The molecule has 0 aliphatic heterocycles. The van der Waals surface area contributed by atoms with Gasteiger partial charge in [0.25, 0.3) is 0 Å². The first-order valence-corrected chi connectivity index (χ1v) is 5.46. The third-order valence-corrected chi connectivity index (χ3v) is 2.52. The number of rotatable bonds is 3.